The summed E-state index contributed by atoms with van der Waals surface area (Å²) in [6.07, 6.45) is -1.55. The summed E-state index contributed by atoms with van der Waals surface area (Å²) in [5.74, 6) is -1.02. The molecule has 0 aliphatic rings. The molecule has 1 amide bonds. The normalized spacial score (nSPS) is 11.7. The molecule has 0 heterocycles. The number of nitrogens with one attached hydrogen (secondary N) is 1. The van der Waals surface area contributed by atoms with Crippen LogP contribution in [0.4, 0.5) is 0 Å². The molecule has 0 radical (unpaired) electrons. The molecule has 0 aliphatic heterocycles. The van der Waals surface area contributed by atoms with Gasteiger partial charge in [-0.05, 0) is 19.1 Å². The van der Waals surface area contributed by atoms with Crippen molar-refractivity contribution in [3.63, 3.8) is 0 Å². The number of amides is 1. The highest BCUT2D eigenvalue weighted by Crippen LogP contribution is 2.06. The Balaban J connectivity index is 2.05. The minimum atomic E-state index is -1.55. The third kappa shape index (κ3) is 3.30. The fourth-order valence-electron chi connectivity index (χ4n) is 1.74. The molecular weight excluding hydrogens is 254 g/mol. The number of Topliss-reactive ketones (excluding diaryl/α,β-unsaturated/α-hetero) is 1. The van der Waals surface area contributed by atoms with Crippen LogP contribution < -0.4 is 5.32 Å². The second kappa shape index (κ2) is 6.12. The molecule has 0 aliphatic carbocycles. The zero-order valence-corrected chi connectivity index (χ0v) is 11.0. The van der Waals surface area contributed by atoms with Gasteiger partial charge in [-0.1, -0.05) is 48.0 Å². The molecule has 0 spiro atoms. The molecule has 0 saturated carbocycles. The van der Waals surface area contributed by atoms with Crippen molar-refractivity contribution < 1.29 is 14.7 Å². The van der Waals surface area contributed by atoms with Crippen molar-refractivity contribution in [1.29, 1.82) is 0 Å². The standard InChI is InChI=1S/C16H15NO3/c1-11-7-9-12(10-8-11)14(18)16(20)17-15(19)13-5-3-2-4-6-13/h2-10,16,20H,1H3,(H,17,19). The highest BCUT2D eigenvalue weighted by atomic mass is 16.3. The van der Waals surface area contributed by atoms with E-state index in [2.05, 4.69) is 5.32 Å². The number of aryl methyl sites for hydroxylation is 1. The van der Waals surface area contributed by atoms with Gasteiger partial charge in [0.1, 0.15) is 0 Å². The van der Waals surface area contributed by atoms with E-state index in [0.717, 1.165) is 5.56 Å². The van der Waals surface area contributed by atoms with Gasteiger partial charge in [-0.15, -0.1) is 0 Å². The second-order valence-corrected chi connectivity index (χ2v) is 4.47. The monoisotopic (exact) mass is 269 g/mol. The van der Waals surface area contributed by atoms with E-state index in [1.54, 1.807) is 54.6 Å². The fraction of sp³-hybridized carbons (Fsp3) is 0.125. The van der Waals surface area contributed by atoms with Gasteiger partial charge in [0, 0.05) is 11.1 Å². The topological polar surface area (TPSA) is 66.4 Å². The van der Waals surface area contributed by atoms with Crippen molar-refractivity contribution in [1.82, 2.24) is 5.32 Å². The molecule has 0 saturated heterocycles. The Kier molecular flexibility index (Phi) is 4.27. The number of hydrogen-bond acceptors (Lipinski definition) is 3. The third-order valence-corrected chi connectivity index (χ3v) is 2.89. The Morgan fingerprint density at radius 2 is 1.55 bits per heavy atom. The van der Waals surface area contributed by atoms with Crippen LogP contribution in [-0.2, 0) is 0 Å². The fourth-order valence-corrected chi connectivity index (χ4v) is 1.74. The minimum absolute atomic E-state index is 0.358. The van der Waals surface area contributed by atoms with Crippen molar-refractivity contribution in [2.45, 2.75) is 13.2 Å². The van der Waals surface area contributed by atoms with Crippen LogP contribution in [0.3, 0.4) is 0 Å². The summed E-state index contributed by atoms with van der Waals surface area (Å²) in [5.41, 5.74) is 1.77. The van der Waals surface area contributed by atoms with E-state index < -0.39 is 17.9 Å². The quantitative estimate of drug-likeness (QED) is 0.658. The average Bonchev–Trinajstić information content (AvgIpc) is 2.48. The smallest absolute Gasteiger partial charge is 0.253 e. The SMILES string of the molecule is Cc1ccc(C(=O)C(O)NC(=O)c2ccccc2)cc1. The molecule has 0 bridgehead atoms. The van der Waals surface area contributed by atoms with Crippen LogP contribution in [0, 0.1) is 6.92 Å². The maximum absolute atomic E-state index is 12.0. The van der Waals surface area contributed by atoms with Crippen molar-refractivity contribution in [3.8, 4) is 0 Å². The summed E-state index contributed by atoms with van der Waals surface area (Å²) < 4.78 is 0. The van der Waals surface area contributed by atoms with E-state index in [1.165, 1.54) is 0 Å². The van der Waals surface area contributed by atoms with Gasteiger partial charge in [0.15, 0.2) is 6.23 Å². The van der Waals surface area contributed by atoms with Gasteiger partial charge in [-0.3, -0.25) is 9.59 Å². The molecule has 1 unspecified atom stereocenters. The largest absolute Gasteiger partial charge is 0.367 e. The number of rotatable bonds is 4. The lowest BCUT2D eigenvalue weighted by Gasteiger charge is -2.12. The van der Waals surface area contributed by atoms with Crippen LogP contribution in [0.5, 0.6) is 0 Å². The molecule has 4 nitrogen and oxygen atoms in total. The average molecular weight is 269 g/mol. The summed E-state index contributed by atoms with van der Waals surface area (Å²) in [7, 11) is 0. The molecule has 2 rings (SSSR count). The van der Waals surface area contributed by atoms with Crippen molar-refractivity contribution in [2.75, 3.05) is 0 Å². The van der Waals surface area contributed by atoms with Gasteiger partial charge < -0.3 is 10.4 Å². The lowest BCUT2D eigenvalue weighted by molar-refractivity contribution is 0.0607. The molecule has 4 heteroatoms. The van der Waals surface area contributed by atoms with Gasteiger partial charge in [0.25, 0.3) is 5.91 Å². The highest BCUT2D eigenvalue weighted by Gasteiger charge is 2.19. The Morgan fingerprint density at radius 1 is 0.950 bits per heavy atom. The summed E-state index contributed by atoms with van der Waals surface area (Å²) in [6, 6.07) is 15.2. The molecule has 2 aromatic carbocycles. The maximum Gasteiger partial charge on any atom is 0.253 e. The first-order valence-corrected chi connectivity index (χ1v) is 6.23. The van der Waals surface area contributed by atoms with Gasteiger partial charge in [-0.2, -0.15) is 0 Å². The second-order valence-electron chi connectivity index (χ2n) is 4.47. The van der Waals surface area contributed by atoms with Crippen molar-refractivity contribution in [2.24, 2.45) is 0 Å². The predicted octanol–water partition coefficient (Wildman–Crippen LogP) is 1.93. The van der Waals surface area contributed by atoms with Crippen LogP contribution in [0.2, 0.25) is 0 Å². The first-order chi connectivity index (χ1) is 9.58. The van der Waals surface area contributed by atoms with E-state index in [-0.39, 0.29) is 0 Å². The van der Waals surface area contributed by atoms with Crippen LogP contribution in [0.15, 0.2) is 54.6 Å². The Bertz CT molecular complexity index is 605. The van der Waals surface area contributed by atoms with Crippen LogP contribution in [-0.4, -0.2) is 23.0 Å². The molecular formula is C16H15NO3. The number of benzene rings is 2. The summed E-state index contributed by atoms with van der Waals surface area (Å²) in [4.78, 5) is 23.8. The Morgan fingerprint density at radius 3 is 2.15 bits per heavy atom. The molecule has 1 atom stereocenters. The maximum atomic E-state index is 12.0. The number of aliphatic hydroxyl groups is 1. The molecule has 2 aromatic rings. The minimum Gasteiger partial charge on any atom is -0.367 e. The van der Waals surface area contributed by atoms with Gasteiger partial charge in [0.05, 0.1) is 0 Å². The van der Waals surface area contributed by atoms with Crippen LogP contribution >= 0.6 is 0 Å². The molecule has 0 aromatic heterocycles. The lowest BCUT2D eigenvalue weighted by atomic mass is 10.1. The summed E-state index contributed by atoms with van der Waals surface area (Å²) in [5, 5.41) is 12.1. The van der Waals surface area contributed by atoms with Crippen LogP contribution in [0.1, 0.15) is 26.3 Å². The third-order valence-electron chi connectivity index (χ3n) is 2.89. The molecule has 20 heavy (non-hydrogen) atoms. The molecule has 0 fully saturated rings. The van der Waals surface area contributed by atoms with Gasteiger partial charge in [0.2, 0.25) is 5.78 Å². The highest BCUT2D eigenvalue weighted by molar-refractivity contribution is 6.03. The Labute approximate surface area is 117 Å². The zero-order chi connectivity index (χ0) is 14.5. The van der Waals surface area contributed by atoms with Crippen LogP contribution in [0.25, 0.3) is 0 Å². The predicted molar refractivity (Wildman–Crippen MR) is 75.4 cm³/mol. The van der Waals surface area contributed by atoms with Gasteiger partial charge in [-0.25, -0.2) is 0 Å². The van der Waals surface area contributed by atoms with Crippen molar-refractivity contribution >= 4 is 11.7 Å². The lowest BCUT2D eigenvalue weighted by Crippen LogP contribution is -2.40. The number of carbonyl (C=O) groups is 2. The summed E-state index contributed by atoms with van der Waals surface area (Å²) in [6.45, 7) is 1.90. The number of hydrogen-bond donors (Lipinski definition) is 2. The first kappa shape index (κ1) is 14.0. The number of ketones is 1. The number of carbonyl (C=O) groups excluding carboxylic acids is 2. The van der Waals surface area contributed by atoms with E-state index in [0.29, 0.717) is 11.1 Å². The number of aliphatic hydroxyl groups excluding tert-OH is 1. The van der Waals surface area contributed by atoms with E-state index >= 15 is 0 Å². The molecule has 2 N–H and O–H groups in total. The van der Waals surface area contributed by atoms with E-state index in [4.69, 9.17) is 0 Å². The van der Waals surface area contributed by atoms with E-state index in [1.807, 2.05) is 6.92 Å². The first-order valence-electron chi connectivity index (χ1n) is 6.23. The zero-order valence-electron chi connectivity index (χ0n) is 11.0. The summed E-state index contributed by atoms with van der Waals surface area (Å²) >= 11 is 0. The Hall–Kier alpha value is -2.46. The van der Waals surface area contributed by atoms with E-state index in [9.17, 15) is 14.7 Å². The molecule has 102 valence electrons. The van der Waals surface area contributed by atoms with Gasteiger partial charge >= 0.3 is 0 Å². The van der Waals surface area contributed by atoms with Crippen molar-refractivity contribution in [3.05, 3.63) is 71.3 Å².